The SMILES string of the molecule is CC(=CC(=O)N1CCC(N2CCNC2=O)CC1)c1ccccc1Cl. The molecule has 2 fully saturated rings. The molecule has 0 spiro atoms. The summed E-state index contributed by atoms with van der Waals surface area (Å²) in [5.74, 6) is 0.0109. The molecular weight excluding hydrogens is 326 g/mol. The van der Waals surface area contributed by atoms with Gasteiger partial charge in [-0.3, -0.25) is 4.79 Å². The largest absolute Gasteiger partial charge is 0.339 e. The molecule has 24 heavy (non-hydrogen) atoms. The number of nitrogens with one attached hydrogen (secondary N) is 1. The van der Waals surface area contributed by atoms with Gasteiger partial charge in [-0.05, 0) is 37.0 Å². The van der Waals surface area contributed by atoms with Crippen molar-refractivity contribution in [1.29, 1.82) is 0 Å². The Morgan fingerprint density at radius 3 is 2.58 bits per heavy atom. The zero-order chi connectivity index (χ0) is 17.1. The highest BCUT2D eigenvalue weighted by Crippen LogP contribution is 2.24. The molecule has 2 aliphatic heterocycles. The van der Waals surface area contributed by atoms with Crippen LogP contribution in [0.3, 0.4) is 0 Å². The van der Waals surface area contributed by atoms with Gasteiger partial charge >= 0.3 is 6.03 Å². The highest BCUT2D eigenvalue weighted by molar-refractivity contribution is 6.32. The lowest BCUT2D eigenvalue weighted by molar-refractivity contribution is -0.127. The van der Waals surface area contributed by atoms with Gasteiger partial charge in [0, 0.05) is 43.3 Å². The average Bonchev–Trinajstić information content (AvgIpc) is 3.01. The smallest absolute Gasteiger partial charge is 0.317 e. The molecule has 5 nitrogen and oxygen atoms in total. The minimum Gasteiger partial charge on any atom is -0.339 e. The molecule has 0 unspecified atom stereocenters. The van der Waals surface area contributed by atoms with E-state index in [1.165, 1.54) is 0 Å². The predicted octanol–water partition coefficient (Wildman–Crippen LogP) is 2.76. The molecule has 0 radical (unpaired) electrons. The van der Waals surface area contributed by atoms with Crippen molar-refractivity contribution in [3.8, 4) is 0 Å². The summed E-state index contributed by atoms with van der Waals surface area (Å²) in [6.07, 6.45) is 3.32. The number of allylic oxidation sites excluding steroid dienone is 1. The molecule has 0 aromatic heterocycles. The van der Waals surface area contributed by atoms with Crippen molar-refractivity contribution in [2.75, 3.05) is 26.2 Å². The molecule has 0 saturated carbocycles. The quantitative estimate of drug-likeness (QED) is 0.855. The highest BCUT2D eigenvalue weighted by Gasteiger charge is 2.31. The van der Waals surface area contributed by atoms with E-state index >= 15 is 0 Å². The normalized spacial score (nSPS) is 19.6. The van der Waals surface area contributed by atoms with Crippen molar-refractivity contribution in [3.63, 3.8) is 0 Å². The van der Waals surface area contributed by atoms with E-state index in [1.54, 1.807) is 6.08 Å². The standard InChI is InChI=1S/C18H22ClN3O2/c1-13(15-4-2-3-5-16(15)19)12-17(23)21-9-6-14(7-10-21)22-11-8-20-18(22)24/h2-5,12,14H,6-11H2,1H3,(H,20,24). The molecule has 2 aliphatic rings. The van der Waals surface area contributed by atoms with Gasteiger partial charge < -0.3 is 15.1 Å². The molecule has 128 valence electrons. The van der Waals surface area contributed by atoms with Crippen molar-refractivity contribution in [3.05, 3.63) is 40.9 Å². The molecule has 2 saturated heterocycles. The molecule has 1 aromatic rings. The van der Waals surface area contributed by atoms with Crippen LogP contribution in [-0.2, 0) is 4.79 Å². The molecule has 0 bridgehead atoms. The Hall–Kier alpha value is -2.01. The van der Waals surface area contributed by atoms with Gasteiger partial charge in [-0.2, -0.15) is 0 Å². The first-order valence-electron chi connectivity index (χ1n) is 8.33. The van der Waals surface area contributed by atoms with Crippen molar-refractivity contribution in [2.24, 2.45) is 0 Å². The zero-order valence-electron chi connectivity index (χ0n) is 13.8. The third-order valence-corrected chi connectivity index (χ3v) is 5.07. The lowest BCUT2D eigenvalue weighted by Gasteiger charge is -2.35. The van der Waals surface area contributed by atoms with Crippen LogP contribution in [0.15, 0.2) is 30.3 Å². The Labute approximate surface area is 147 Å². The number of urea groups is 1. The van der Waals surface area contributed by atoms with E-state index in [0.29, 0.717) is 18.1 Å². The van der Waals surface area contributed by atoms with Crippen LogP contribution in [0.5, 0.6) is 0 Å². The minimum absolute atomic E-state index is 0.0109. The maximum Gasteiger partial charge on any atom is 0.317 e. The third-order valence-electron chi connectivity index (χ3n) is 4.75. The minimum atomic E-state index is 0.0109. The molecule has 2 heterocycles. The lowest BCUT2D eigenvalue weighted by Crippen LogP contribution is -2.47. The fourth-order valence-electron chi connectivity index (χ4n) is 3.37. The lowest BCUT2D eigenvalue weighted by atomic mass is 10.0. The van der Waals surface area contributed by atoms with Gasteiger partial charge in [-0.25, -0.2) is 4.79 Å². The van der Waals surface area contributed by atoms with E-state index < -0.39 is 0 Å². The number of nitrogens with zero attached hydrogens (tertiary/aromatic N) is 2. The number of benzene rings is 1. The summed E-state index contributed by atoms with van der Waals surface area (Å²) in [7, 11) is 0. The summed E-state index contributed by atoms with van der Waals surface area (Å²) in [6.45, 7) is 4.75. The number of hydrogen-bond donors (Lipinski definition) is 1. The monoisotopic (exact) mass is 347 g/mol. The Morgan fingerprint density at radius 2 is 1.96 bits per heavy atom. The fourth-order valence-corrected chi connectivity index (χ4v) is 3.65. The van der Waals surface area contributed by atoms with Crippen molar-refractivity contribution in [2.45, 2.75) is 25.8 Å². The van der Waals surface area contributed by atoms with Crippen molar-refractivity contribution < 1.29 is 9.59 Å². The van der Waals surface area contributed by atoms with Gasteiger partial charge in [0.1, 0.15) is 0 Å². The van der Waals surface area contributed by atoms with E-state index in [2.05, 4.69) is 5.32 Å². The average molecular weight is 348 g/mol. The maximum atomic E-state index is 12.5. The van der Waals surface area contributed by atoms with Crippen LogP contribution in [0.25, 0.3) is 5.57 Å². The van der Waals surface area contributed by atoms with E-state index in [4.69, 9.17) is 11.6 Å². The van der Waals surface area contributed by atoms with Crippen LogP contribution in [0.1, 0.15) is 25.3 Å². The van der Waals surface area contributed by atoms with E-state index in [9.17, 15) is 9.59 Å². The summed E-state index contributed by atoms with van der Waals surface area (Å²) in [5, 5.41) is 3.49. The van der Waals surface area contributed by atoms with E-state index in [1.807, 2.05) is 41.0 Å². The number of piperidine rings is 1. The van der Waals surface area contributed by atoms with E-state index in [-0.39, 0.29) is 18.0 Å². The topological polar surface area (TPSA) is 52.7 Å². The summed E-state index contributed by atoms with van der Waals surface area (Å²) in [6, 6.07) is 7.79. The van der Waals surface area contributed by atoms with Gasteiger partial charge in [0.05, 0.1) is 0 Å². The second-order valence-corrected chi connectivity index (χ2v) is 6.70. The number of amides is 3. The first-order chi connectivity index (χ1) is 11.6. The first-order valence-corrected chi connectivity index (χ1v) is 8.70. The summed E-state index contributed by atoms with van der Waals surface area (Å²) in [5.41, 5.74) is 1.75. The van der Waals surface area contributed by atoms with Crippen LogP contribution in [0.2, 0.25) is 5.02 Å². The number of halogens is 1. The second kappa shape index (κ2) is 7.26. The summed E-state index contributed by atoms with van der Waals surface area (Å²) in [4.78, 5) is 28.0. The Kier molecular flexibility index (Phi) is 5.09. The molecule has 1 aromatic carbocycles. The van der Waals surface area contributed by atoms with Crippen molar-refractivity contribution >= 4 is 29.1 Å². The van der Waals surface area contributed by atoms with Crippen LogP contribution in [0, 0.1) is 0 Å². The molecule has 3 rings (SSSR count). The van der Waals surface area contributed by atoms with Crippen LogP contribution < -0.4 is 5.32 Å². The fraction of sp³-hybridized carbons (Fsp3) is 0.444. The number of hydrogen-bond acceptors (Lipinski definition) is 2. The van der Waals surface area contributed by atoms with Crippen LogP contribution >= 0.6 is 11.6 Å². The van der Waals surface area contributed by atoms with Gasteiger partial charge in [-0.1, -0.05) is 29.8 Å². The summed E-state index contributed by atoms with van der Waals surface area (Å²) >= 11 is 6.18. The molecule has 3 amide bonds. The number of carbonyl (C=O) groups is 2. The van der Waals surface area contributed by atoms with Gasteiger partial charge in [0.2, 0.25) is 5.91 Å². The maximum absolute atomic E-state index is 12.5. The van der Waals surface area contributed by atoms with Gasteiger partial charge in [0.25, 0.3) is 0 Å². The Bertz CT molecular complexity index is 666. The van der Waals surface area contributed by atoms with Crippen LogP contribution in [-0.4, -0.2) is 54.0 Å². The third kappa shape index (κ3) is 3.56. The Morgan fingerprint density at radius 1 is 1.25 bits per heavy atom. The summed E-state index contributed by atoms with van der Waals surface area (Å²) < 4.78 is 0. The number of rotatable bonds is 3. The van der Waals surface area contributed by atoms with Gasteiger partial charge in [0.15, 0.2) is 0 Å². The van der Waals surface area contributed by atoms with Gasteiger partial charge in [-0.15, -0.1) is 0 Å². The van der Waals surface area contributed by atoms with E-state index in [0.717, 1.165) is 37.1 Å². The predicted molar refractivity (Wildman–Crippen MR) is 94.8 cm³/mol. The zero-order valence-corrected chi connectivity index (χ0v) is 14.6. The molecular formula is C18H22ClN3O2. The molecule has 1 N–H and O–H groups in total. The Balaban J connectivity index is 1.60. The first kappa shape index (κ1) is 16.8. The van der Waals surface area contributed by atoms with Crippen LogP contribution in [0.4, 0.5) is 4.79 Å². The highest BCUT2D eigenvalue weighted by atomic mass is 35.5. The number of likely N-dealkylation sites (tertiary alicyclic amines) is 1. The molecule has 6 heteroatoms. The van der Waals surface area contributed by atoms with Crippen molar-refractivity contribution in [1.82, 2.24) is 15.1 Å². The molecule has 0 atom stereocenters. The second-order valence-electron chi connectivity index (χ2n) is 6.29. The molecule has 0 aliphatic carbocycles. The number of carbonyl (C=O) groups excluding carboxylic acids is 2.